The average Bonchev–Trinajstić information content (AvgIpc) is 2.68. The summed E-state index contributed by atoms with van der Waals surface area (Å²) in [7, 11) is 0. The number of aliphatic hydroxyl groups excluding tert-OH is 1. The number of rotatable bonds is 3. The molecule has 0 saturated heterocycles. The Kier molecular flexibility index (Phi) is 2.02. The van der Waals surface area contributed by atoms with E-state index >= 15 is 0 Å². The lowest BCUT2D eigenvalue weighted by atomic mass is 10.4. The summed E-state index contributed by atoms with van der Waals surface area (Å²) in [4.78, 5) is 14.9. The molecule has 1 aromatic heterocycles. The Morgan fingerprint density at radius 2 is 2.69 bits per heavy atom. The number of hydrogen-bond donors (Lipinski definition) is 2. The predicted octanol–water partition coefficient (Wildman–Crippen LogP) is -0.215. The van der Waals surface area contributed by atoms with Crippen LogP contribution in [0.15, 0.2) is 17.0 Å². The van der Waals surface area contributed by atoms with Crippen LogP contribution in [0.2, 0.25) is 0 Å². The van der Waals surface area contributed by atoms with Crippen LogP contribution in [0.5, 0.6) is 0 Å². The van der Waals surface area contributed by atoms with Crippen LogP contribution < -0.4 is 5.32 Å². The van der Waals surface area contributed by atoms with Crippen LogP contribution in [-0.2, 0) is 0 Å². The van der Waals surface area contributed by atoms with Gasteiger partial charge in [0.05, 0.1) is 6.20 Å². The number of aromatic nitrogens is 1. The van der Waals surface area contributed by atoms with Crippen molar-refractivity contribution in [1.82, 2.24) is 10.3 Å². The maximum absolute atomic E-state index is 11.3. The Hall–Kier alpha value is -1.36. The van der Waals surface area contributed by atoms with Gasteiger partial charge in [-0.15, -0.1) is 0 Å². The molecule has 1 aliphatic rings. The summed E-state index contributed by atoms with van der Waals surface area (Å²) in [6, 6.07) is 0.0996. The third kappa shape index (κ3) is 1.70. The van der Waals surface area contributed by atoms with Crippen LogP contribution in [0.3, 0.4) is 0 Å². The average molecular weight is 182 g/mol. The van der Waals surface area contributed by atoms with E-state index in [-0.39, 0.29) is 30.2 Å². The van der Waals surface area contributed by atoms with Gasteiger partial charge in [-0.05, 0) is 6.42 Å². The molecule has 2 rings (SSSR count). The van der Waals surface area contributed by atoms with Gasteiger partial charge in [-0.3, -0.25) is 4.79 Å². The molecule has 1 heterocycles. The lowest BCUT2D eigenvalue weighted by Gasteiger charge is -1.99. The Morgan fingerprint density at radius 1 is 1.85 bits per heavy atom. The Morgan fingerprint density at radius 3 is 3.23 bits per heavy atom. The Labute approximate surface area is 74.8 Å². The largest absolute Gasteiger partial charge is 0.438 e. The zero-order valence-electron chi connectivity index (χ0n) is 6.93. The smallest absolute Gasteiger partial charge is 0.288 e. The van der Waals surface area contributed by atoms with E-state index in [1.165, 1.54) is 12.6 Å². The minimum Gasteiger partial charge on any atom is -0.438 e. The van der Waals surface area contributed by atoms with Gasteiger partial charge in [-0.2, -0.15) is 0 Å². The minimum absolute atomic E-state index is 0.0996. The van der Waals surface area contributed by atoms with Crippen LogP contribution in [0.4, 0.5) is 0 Å². The molecule has 0 radical (unpaired) electrons. The van der Waals surface area contributed by atoms with E-state index in [4.69, 9.17) is 9.52 Å². The standard InChI is InChI=1S/C8H10N2O3/c11-3-5-1-6(5)10-8(12)7-2-9-4-13-7/h2,4-6,11H,1,3H2,(H,10,12)/t5-,6+/m0/s1. The summed E-state index contributed by atoms with van der Waals surface area (Å²) in [5.41, 5.74) is 0. The van der Waals surface area contributed by atoms with Crippen molar-refractivity contribution in [1.29, 1.82) is 0 Å². The van der Waals surface area contributed by atoms with Crippen LogP contribution in [0.25, 0.3) is 0 Å². The topological polar surface area (TPSA) is 75.4 Å². The fraction of sp³-hybridized carbons (Fsp3) is 0.500. The second kappa shape index (κ2) is 3.18. The number of aliphatic hydroxyl groups is 1. The molecule has 5 heteroatoms. The van der Waals surface area contributed by atoms with Crippen molar-refractivity contribution in [2.45, 2.75) is 12.5 Å². The molecule has 0 aromatic carbocycles. The molecule has 2 N–H and O–H groups in total. The van der Waals surface area contributed by atoms with Crippen molar-refractivity contribution in [2.24, 2.45) is 5.92 Å². The van der Waals surface area contributed by atoms with E-state index in [2.05, 4.69) is 10.3 Å². The molecule has 0 spiro atoms. The fourth-order valence-corrected chi connectivity index (χ4v) is 1.19. The third-order valence-electron chi connectivity index (χ3n) is 2.13. The van der Waals surface area contributed by atoms with E-state index in [9.17, 15) is 4.79 Å². The summed E-state index contributed by atoms with van der Waals surface area (Å²) in [5.74, 6) is 0.161. The summed E-state index contributed by atoms with van der Waals surface area (Å²) in [6.45, 7) is 0.126. The number of carbonyl (C=O) groups excluding carboxylic acids is 1. The molecule has 0 aliphatic heterocycles. The second-order valence-electron chi connectivity index (χ2n) is 3.12. The van der Waals surface area contributed by atoms with Crippen LogP contribution in [-0.4, -0.2) is 28.6 Å². The molecule has 1 fully saturated rings. The van der Waals surface area contributed by atoms with Crippen LogP contribution in [0.1, 0.15) is 17.0 Å². The van der Waals surface area contributed by atoms with Crippen molar-refractivity contribution < 1.29 is 14.3 Å². The second-order valence-corrected chi connectivity index (χ2v) is 3.12. The molecule has 0 unspecified atom stereocenters. The highest BCUT2D eigenvalue weighted by Crippen LogP contribution is 2.29. The molecule has 1 aliphatic carbocycles. The number of carbonyl (C=O) groups is 1. The van der Waals surface area contributed by atoms with E-state index in [1.54, 1.807) is 0 Å². The molecule has 1 aromatic rings. The van der Waals surface area contributed by atoms with E-state index < -0.39 is 0 Å². The molecule has 1 amide bonds. The third-order valence-corrected chi connectivity index (χ3v) is 2.13. The van der Waals surface area contributed by atoms with Gasteiger partial charge in [0, 0.05) is 18.6 Å². The molecule has 0 bridgehead atoms. The number of nitrogens with zero attached hydrogens (tertiary/aromatic N) is 1. The van der Waals surface area contributed by atoms with Crippen molar-refractivity contribution in [3.63, 3.8) is 0 Å². The highest BCUT2D eigenvalue weighted by molar-refractivity contribution is 5.91. The molecular formula is C8H10N2O3. The Balaban J connectivity index is 1.87. The SMILES string of the molecule is O=C(N[C@@H]1C[C@H]1CO)c1cnco1. The number of nitrogens with one attached hydrogen (secondary N) is 1. The molecule has 5 nitrogen and oxygen atoms in total. The van der Waals surface area contributed by atoms with Crippen molar-refractivity contribution in [3.05, 3.63) is 18.4 Å². The highest BCUT2D eigenvalue weighted by Gasteiger charge is 2.38. The van der Waals surface area contributed by atoms with Crippen molar-refractivity contribution in [3.8, 4) is 0 Å². The van der Waals surface area contributed by atoms with Gasteiger partial charge in [0.2, 0.25) is 5.76 Å². The van der Waals surface area contributed by atoms with E-state index in [0.717, 1.165) is 6.42 Å². The quantitative estimate of drug-likeness (QED) is 0.678. The summed E-state index contributed by atoms with van der Waals surface area (Å²) in [6.07, 6.45) is 3.42. The summed E-state index contributed by atoms with van der Waals surface area (Å²) >= 11 is 0. The van der Waals surface area contributed by atoms with Gasteiger partial charge in [0.15, 0.2) is 6.39 Å². The van der Waals surface area contributed by atoms with Crippen LogP contribution >= 0.6 is 0 Å². The maximum atomic E-state index is 11.3. The molecule has 13 heavy (non-hydrogen) atoms. The first-order valence-corrected chi connectivity index (χ1v) is 4.11. The zero-order chi connectivity index (χ0) is 9.26. The molecule has 70 valence electrons. The normalized spacial score (nSPS) is 25.6. The van der Waals surface area contributed by atoms with Crippen molar-refractivity contribution >= 4 is 5.91 Å². The summed E-state index contributed by atoms with van der Waals surface area (Å²) < 4.78 is 4.81. The first kappa shape index (κ1) is 8.25. The van der Waals surface area contributed by atoms with E-state index in [0.29, 0.717) is 0 Å². The first-order valence-electron chi connectivity index (χ1n) is 4.11. The number of amides is 1. The molecule has 2 atom stereocenters. The summed E-state index contributed by atoms with van der Waals surface area (Å²) in [5, 5.41) is 11.5. The van der Waals surface area contributed by atoms with Gasteiger partial charge in [0.25, 0.3) is 5.91 Å². The van der Waals surface area contributed by atoms with E-state index in [1.807, 2.05) is 0 Å². The first-order chi connectivity index (χ1) is 6.31. The maximum Gasteiger partial charge on any atom is 0.288 e. The van der Waals surface area contributed by atoms with Gasteiger partial charge >= 0.3 is 0 Å². The molecular weight excluding hydrogens is 172 g/mol. The van der Waals surface area contributed by atoms with Gasteiger partial charge in [-0.1, -0.05) is 0 Å². The van der Waals surface area contributed by atoms with Gasteiger partial charge < -0.3 is 14.8 Å². The minimum atomic E-state index is -0.265. The predicted molar refractivity (Wildman–Crippen MR) is 43.0 cm³/mol. The number of oxazole rings is 1. The monoisotopic (exact) mass is 182 g/mol. The zero-order valence-corrected chi connectivity index (χ0v) is 6.93. The molecule has 1 saturated carbocycles. The van der Waals surface area contributed by atoms with Crippen LogP contribution in [0, 0.1) is 5.92 Å². The number of hydrogen-bond acceptors (Lipinski definition) is 4. The van der Waals surface area contributed by atoms with Crippen molar-refractivity contribution in [2.75, 3.05) is 6.61 Å². The lowest BCUT2D eigenvalue weighted by Crippen LogP contribution is -2.26. The van der Waals surface area contributed by atoms with Gasteiger partial charge in [0.1, 0.15) is 0 Å². The highest BCUT2D eigenvalue weighted by atomic mass is 16.3. The fourth-order valence-electron chi connectivity index (χ4n) is 1.19. The lowest BCUT2D eigenvalue weighted by molar-refractivity contribution is 0.0919. The Bertz CT molecular complexity index is 296. The van der Waals surface area contributed by atoms with Gasteiger partial charge in [-0.25, -0.2) is 4.98 Å².